The van der Waals surface area contributed by atoms with Crippen LogP contribution in [-0.4, -0.2) is 20.2 Å². The van der Waals surface area contributed by atoms with Crippen molar-refractivity contribution in [3.63, 3.8) is 0 Å². The molecule has 0 unspecified atom stereocenters. The van der Waals surface area contributed by atoms with E-state index in [0.717, 1.165) is 5.56 Å². The summed E-state index contributed by atoms with van der Waals surface area (Å²) in [7, 11) is 0. The Bertz CT molecular complexity index is 729. The number of thioether (sulfide) groups is 1. The number of hydrogen-bond acceptors (Lipinski definition) is 4. The third-order valence-electron chi connectivity index (χ3n) is 3.05. The molecule has 0 aliphatic heterocycles. The molecular weight excluding hydrogens is 287 g/mol. The Morgan fingerprint density at radius 3 is 2.67 bits per heavy atom. The van der Waals surface area contributed by atoms with Gasteiger partial charge in [-0.25, -0.2) is 9.37 Å². The van der Waals surface area contributed by atoms with E-state index in [2.05, 4.69) is 27.1 Å². The van der Waals surface area contributed by atoms with Crippen molar-refractivity contribution in [1.82, 2.24) is 20.2 Å². The summed E-state index contributed by atoms with van der Waals surface area (Å²) in [5, 5.41) is 7.72. The SMILES string of the molecule is C[C@H](Sc1n[nH]c(-c2ccccc2F)n1)c1ccncc1. The quantitative estimate of drug-likeness (QED) is 0.743. The van der Waals surface area contributed by atoms with Crippen LogP contribution in [-0.2, 0) is 0 Å². The lowest BCUT2D eigenvalue weighted by atomic mass is 10.2. The third kappa shape index (κ3) is 3.11. The number of benzene rings is 1. The molecule has 3 rings (SSSR count). The molecule has 1 atom stereocenters. The van der Waals surface area contributed by atoms with E-state index in [-0.39, 0.29) is 11.1 Å². The van der Waals surface area contributed by atoms with Crippen molar-refractivity contribution in [2.45, 2.75) is 17.3 Å². The molecule has 1 N–H and O–H groups in total. The average Bonchev–Trinajstić information content (AvgIpc) is 2.97. The number of aromatic amines is 1. The van der Waals surface area contributed by atoms with Gasteiger partial charge in [0, 0.05) is 17.6 Å². The van der Waals surface area contributed by atoms with Crippen molar-refractivity contribution < 1.29 is 4.39 Å². The van der Waals surface area contributed by atoms with Gasteiger partial charge < -0.3 is 0 Å². The molecule has 0 amide bonds. The van der Waals surface area contributed by atoms with Gasteiger partial charge >= 0.3 is 0 Å². The van der Waals surface area contributed by atoms with Crippen LogP contribution in [0.2, 0.25) is 0 Å². The van der Waals surface area contributed by atoms with E-state index in [1.54, 1.807) is 30.6 Å². The van der Waals surface area contributed by atoms with Gasteiger partial charge in [-0.2, -0.15) is 0 Å². The molecule has 2 heterocycles. The van der Waals surface area contributed by atoms with E-state index in [0.29, 0.717) is 16.5 Å². The molecule has 3 aromatic rings. The van der Waals surface area contributed by atoms with Crippen LogP contribution in [0.15, 0.2) is 53.9 Å². The van der Waals surface area contributed by atoms with Crippen LogP contribution >= 0.6 is 11.8 Å². The largest absolute Gasteiger partial charge is 0.265 e. The molecule has 0 saturated carbocycles. The van der Waals surface area contributed by atoms with Crippen LogP contribution in [0.3, 0.4) is 0 Å². The number of nitrogens with one attached hydrogen (secondary N) is 1. The number of halogens is 1. The maximum atomic E-state index is 13.7. The van der Waals surface area contributed by atoms with Crippen molar-refractivity contribution >= 4 is 11.8 Å². The molecule has 2 aromatic heterocycles. The van der Waals surface area contributed by atoms with Crippen LogP contribution in [0.25, 0.3) is 11.4 Å². The number of nitrogens with zero attached hydrogens (tertiary/aromatic N) is 3. The van der Waals surface area contributed by atoms with Gasteiger partial charge in [0.1, 0.15) is 5.82 Å². The zero-order valence-corrected chi connectivity index (χ0v) is 12.1. The zero-order chi connectivity index (χ0) is 14.7. The average molecular weight is 300 g/mol. The maximum absolute atomic E-state index is 13.7. The van der Waals surface area contributed by atoms with Gasteiger partial charge in [-0.15, -0.1) is 5.10 Å². The van der Waals surface area contributed by atoms with Crippen LogP contribution in [0.5, 0.6) is 0 Å². The summed E-state index contributed by atoms with van der Waals surface area (Å²) < 4.78 is 13.7. The van der Waals surface area contributed by atoms with Gasteiger partial charge in [0.25, 0.3) is 0 Å². The molecule has 0 spiro atoms. The van der Waals surface area contributed by atoms with E-state index < -0.39 is 0 Å². The lowest BCUT2D eigenvalue weighted by Crippen LogP contribution is -1.89. The van der Waals surface area contributed by atoms with E-state index in [9.17, 15) is 4.39 Å². The molecule has 0 saturated heterocycles. The summed E-state index contributed by atoms with van der Waals surface area (Å²) in [5.74, 6) is 0.130. The number of rotatable bonds is 4. The van der Waals surface area contributed by atoms with Crippen molar-refractivity contribution in [3.8, 4) is 11.4 Å². The van der Waals surface area contributed by atoms with Crippen LogP contribution < -0.4 is 0 Å². The lowest BCUT2D eigenvalue weighted by molar-refractivity contribution is 0.630. The van der Waals surface area contributed by atoms with Gasteiger partial charge in [0.2, 0.25) is 5.16 Å². The summed E-state index contributed by atoms with van der Waals surface area (Å²) in [5.41, 5.74) is 1.57. The van der Waals surface area contributed by atoms with Gasteiger partial charge in [-0.1, -0.05) is 23.9 Å². The van der Waals surface area contributed by atoms with E-state index in [1.165, 1.54) is 17.8 Å². The first-order chi connectivity index (χ1) is 10.2. The molecule has 4 nitrogen and oxygen atoms in total. The highest BCUT2D eigenvalue weighted by Crippen LogP contribution is 2.33. The first kappa shape index (κ1) is 13.8. The predicted octanol–water partition coefficient (Wildman–Crippen LogP) is 3.86. The molecule has 106 valence electrons. The number of aromatic nitrogens is 4. The predicted molar refractivity (Wildman–Crippen MR) is 80.3 cm³/mol. The Labute approximate surface area is 125 Å². The van der Waals surface area contributed by atoms with Crippen LogP contribution in [0, 0.1) is 5.82 Å². The topological polar surface area (TPSA) is 54.5 Å². The zero-order valence-electron chi connectivity index (χ0n) is 11.3. The first-order valence-corrected chi connectivity index (χ1v) is 7.36. The third-order valence-corrected chi connectivity index (χ3v) is 4.07. The maximum Gasteiger partial charge on any atom is 0.209 e. The molecule has 0 fully saturated rings. The van der Waals surface area contributed by atoms with E-state index >= 15 is 0 Å². The summed E-state index contributed by atoms with van der Waals surface area (Å²) in [6, 6.07) is 10.4. The van der Waals surface area contributed by atoms with Gasteiger partial charge in [0.05, 0.1) is 5.56 Å². The number of H-pyrrole nitrogens is 1. The highest BCUT2D eigenvalue weighted by molar-refractivity contribution is 7.99. The minimum atomic E-state index is -0.313. The summed E-state index contributed by atoms with van der Waals surface area (Å²) in [4.78, 5) is 8.35. The van der Waals surface area contributed by atoms with Gasteiger partial charge in [-0.3, -0.25) is 10.1 Å². The molecule has 0 aliphatic carbocycles. The number of pyridine rings is 1. The molecule has 6 heteroatoms. The van der Waals surface area contributed by atoms with Gasteiger partial charge in [-0.05, 0) is 36.8 Å². The van der Waals surface area contributed by atoms with Crippen molar-refractivity contribution in [2.75, 3.05) is 0 Å². The van der Waals surface area contributed by atoms with Gasteiger partial charge in [0.15, 0.2) is 5.82 Å². The minimum absolute atomic E-state index is 0.192. The molecule has 1 aromatic carbocycles. The Morgan fingerprint density at radius 1 is 1.14 bits per heavy atom. The second-order valence-corrected chi connectivity index (χ2v) is 5.80. The van der Waals surface area contributed by atoms with Crippen LogP contribution in [0.4, 0.5) is 4.39 Å². The van der Waals surface area contributed by atoms with Crippen LogP contribution in [0.1, 0.15) is 17.7 Å². The van der Waals surface area contributed by atoms with Crippen molar-refractivity contribution in [1.29, 1.82) is 0 Å². The second kappa shape index (κ2) is 6.05. The number of hydrogen-bond donors (Lipinski definition) is 1. The van der Waals surface area contributed by atoms with E-state index in [1.807, 2.05) is 12.1 Å². The van der Waals surface area contributed by atoms with E-state index in [4.69, 9.17) is 0 Å². The lowest BCUT2D eigenvalue weighted by Gasteiger charge is -2.07. The highest BCUT2D eigenvalue weighted by atomic mass is 32.2. The Hall–Kier alpha value is -2.21. The fraction of sp³-hybridized carbons (Fsp3) is 0.133. The minimum Gasteiger partial charge on any atom is -0.265 e. The fourth-order valence-corrected chi connectivity index (χ4v) is 2.79. The Balaban J connectivity index is 1.78. The second-order valence-electron chi connectivity index (χ2n) is 4.49. The normalized spacial score (nSPS) is 12.3. The fourth-order valence-electron chi connectivity index (χ4n) is 1.93. The Kier molecular flexibility index (Phi) is 3.96. The standard InChI is InChI=1S/C15H13FN4S/c1-10(11-6-8-17-9-7-11)21-15-18-14(19-20-15)12-4-2-3-5-13(12)16/h2-10H,1H3,(H,18,19,20)/t10-/m0/s1. The monoisotopic (exact) mass is 300 g/mol. The molecule has 0 radical (unpaired) electrons. The molecule has 21 heavy (non-hydrogen) atoms. The Morgan fingerprint density at radius 2 is 1.90 bits per heavy atom. The summed E-state index contributed by atoms with van der Waals surface area (Å²) >= 11 is 1.51. The summed E-state index contributed by atoms with van der Waals surface area (Å²) in [6.07, 6.45) is 3.52. The molecule has 0 bridgehead atoms. The molecular formula is C15H13FN4S. The van der Waals surface area contributed by atoms with Crippen molar-refractivity contribution in [3.05, 3.63) is 60.2 Å². The highest BCUT2D eigenvalue weighted by Gasteiger charge is 2.13. The van der Waals surface area contributed by atoms with Crippen molar-refractivity contribution in [2.24, 2.45) is 0 Å². The molecule has 0 aliphatic rings. The first-order valence-electron chi connectivity index (χ1n) is 6.48. The smallest absolute Gasteiger partial charge is 0.209 e. The summed E-state index contributed by atoms with van der Waals surface area (Å²) in [6.45, 7) is 2.07.